The lowest BCUT2D eigenvalue weighted by atomic mass is 10.00. The van der Waals surface area contributed by atoms with Gasteiger partial charge in [-0.1, -0.05) is 0 Å². The molecule has 2 aromatic heterocycles. The van der Waals surface area contributed by atoms with Gasteiger partial charge in [-0.25, -0.2) is 9.78 Å². The number of hydrogen-bond donors (Lipinski definition) is 2. The number of aliphatic hydroxyl groups excluding tert-OH is 1. The van der Waals surface area contributed by atoms with Crippen molar-refractivity contribution in [2.45, 2.75) is 45.3 Å². The van der Waals surface area contributed by atoms with Gasteiger partial charge in [0.05, 0.1) is 12.9 Å². The number of furan rings is 1. The molecule has 2 N–H and O–H groups in total. The van der Waals surface area contributed by atoms with Crippen molar-refractivity contribution in [2.24, 2.45) is 0 Å². The molecule has 2 unspecified atom stereocenters. The number of hydrogen-bond acceptors (Lipinski definition) is 9. The maximum Gasteiger partial charge on any atom is 0.414 e. The Morgan fingerprint density at radius 3 is 2.73 bits per heavy atom. The number of aliphatic hydroxyl groups is 1. The number of nitrogens with zero attached hydrogens (tertiary/aromatic N) is 2. The first kappa shape index (κ1) is 19.9. The summed E-state index contributed by atoms with van der Waals surface area (Å²) in [6.07, 6.45) is -0.641. The predicted molar refractivity (Wildman–Crippen MR) is 92.8 cm³/mol. The molecule has 10 heteroatoms. The van der Waals surface area contributed by atoms with Crippen LogP contribution in [0.2, 0.25) is 0 Å². The molecule has 0 saturated heterocycles. The molecule has 1 amide bonds. The van der Waals surface area contributed by atoms with Crippen LogP contribution in [0.3, 0.4) is 0 Å². The number of aromatic nitrogens is 2. The molecule has 0 fully saturated rings. The van der Waals surface area contributed by atoms with Crippen LogP contribution in [-0.2, 0) is 14.3 Å². The Kier molecular flexibility index (Phi) is 6.32. The standard InChI is InChI=1S/C16H21N3O6S/c1-5-23-13(21)10(11(20)9-7-6-8-24-9)12-17-14(26-19-12)18-15(22)25-16(2,3)4/h6-8,10-11,20H,5H2,1-4H3,(H,17,18,19,22). The van der Waals surface area contributed by atoms with E-state index in [1.165, 1.54) is 12.3 Å². The van der Waals surface area contributed by atoms with Gasteiger partial charge in [0.2, 0.25) is 5.13 Å². The zero-order chi connectivity index (χ0) is 19.3. The number of anilines is 1. The number of carbonyl (C=O) groups is 2. The summed E-state index contributed by atoms with van der Waals surface area (Å²) in [5.74, 6) is -1.69. The number of amides is 1. The van der Waals surface area contributed by atoms with Crippen LogP contribution in [0.5, 0.6) is 0 Å². The molecule has 0 aliphatic rings. The minimum atomic E-state index is -1.33. The summed E-state index contributed by atoms with van der Waals surface area (Å²) in [5.41, 5.74) is -0.666. The lowest BCUT2D eigenvalue weighted by Gasteiger charge is -2.19. The fourth-order valence-corrected chi connectivity index (χ4v) is 2.63. The third kappa shape index (κ3) is 5.27. The maximum absolute atomic E-state index is 12.3. The van der Waals surface area contributed by atoms with Crippen molar-refractivity contribution < 1.29 is 28.6 Å². The van der Waals surface area contributed by atoms with Gasteiger partial charge < -0.3 is 19.0 Å². The summed E-state index contributed by atoms with van der Waals surface area (Å²) >= 11 is 0.860. The third-order valence-electron chi connectivity index (χ3n) is 3.02. The van der Waals surface area contributed by atoms with Crippen molar-refractivity contribution in [3.8, 4) is 0 Å². The molecule has 0 aliphatic carbocycles. The van der Waals surface area contributed by atoms with Gasteiger partial charge in [0.1, 0.15) is 17.5 Å². The lowest BCUT2D eigenvalue weighted by molar-refractivity contribution is -0.148. The number of ether oxygens (including phenoxy) is 2. The second-order valence-corrected chi connectivity index (χ2v) is 7.03. The van der Waals surface area contributed by atoms with Crippen molar-refractivity contribution in [3.63, 3.8) is 0 Å². The molecule has 2 heterocycles. The summed E-state index contributed by atoms with van der Waals surface area (Å²) in [4.78, 5) is 28.2. The zero-order valence-electron chi connectivity index (χ0n) is 14.9. The highest BCUT2D eigenvalue weighted by Crippen LogP contribution is 2.32. The van der Waals surface area contributed by atoms with E-state index in [1.807, 2.05) is 0 Å². The van der Waals surface area contributed by atoms with E-state index in [4.69, 9.17) is 13.9 Å². The average Bonchev–Trinajstić information content (AvgIpc) is 3.17. The second kappa shape index (κ2) is 8.28. The molecule has 0 spiro atoms. The van der Waals surface area contributed by atoms with Crippen LogP contribution in [0.1, 0.15) is 51.3 Å². The molecule has 2 rings (SSSR count). The highest BCUT2D eigenvalue weighted by atomic mass is 32.1. The third-order valence-corrected chi connectivity index (χ3v) is 3.66. The maximum atomic E-state index is 12.3. The summed E-state index contributed by atoms with van der Waals surface area (Å²) in [7, 11) is 0. The average molecular weight is 383 g/mol. The molecule has 0 aromatic carbocycles. The first-order chi connectivity index (χ1) is 12.2. The monoisotopic (exact) mass is 383 g/mol. The number of nitrogens with one attached hydrogen (secondary N) is 1. The van der Waals surface area contributed by atoms with E-state index < -0.39 is 29.7 Å². The van der Waals surface area contributed by atoms with E-state index in [9.17, 15) is 14.7 Å². The first-order valence-corrected chi connectivity index (χ1v) is 8.70. The molecule has 9 nitrogen and oxygen atoms in total. The molecule has 0 aliphatic heterocycles. The Labute approximate surface area is 154 Å². The summed E-state index contributed by atoms with van der Waals surface area (Å²) in [6, 6.07) is 3.12. The lowest BCUT2D eigenvalue weighted by Crippen LogP contribution is -2.27. The van der Waals surface area contributed by atoms with Crippen LogP contribution in [0.4, 0.5) is 9.93 Å². The molecule has 2 aromatic rings. The van der Waals surface area contributed by atoms with Crippen LogP contribution >= 0.6 is 11.5 Å². The molecule has 2 atom stereocenters. The first-order valence-electron chi connectivity index (χ1n) is 7.93. The highest BCUT2D eigenvalue weighted by molar-refractivity contribution is 7.09. The second-order valence-electron chi connectivity index (χ2n) is 6.27. The SMILES string of the molecule is CCOC(=O)C(c1nsc(NC(=O)OC(C)(C)C)n1)C(O)c1ccco1. The Morgan fingerprint density at radius 2 is 2.15 bits per heavy atom. The van der Waals surface area contributed by atoms with Gasteiger partial charge >= 0.3 is 12.1 Å². The molecule has 26 heavy (non-hydrogen) atoms. The van der Waals surface area contributed by atoms with E-state index >= 15 is 0 Å². The topological polar surface area (TPSA) is 124 Å². The Morgan fingerprint density at radius 1 is 1.42 bits per heavy atom. The molecule has 0 saturated carbocycles. The van der Waals surface area contributed by atoms with Crippen molar-refractivity contribution in [2.75, 3.05) is 11.9 Å². The van der Waals surface area contributed by atoms with Crippen LogP contribution in [0.15, 0.2) is 22.8 Å². The molecule has 0 bridgehead atoms. The molecular formula is C16H21N3O6S. The molecule has 142 valence electrons. The largest absolute Gasteiger partial charge is 0.467 e. The van der Waals surface area contributed by atoms with Gasteiger partial charge in [-0.05, 0) is 39.8 Å². The van der Waals surface area contributed by atoms with Crippen LogP contribution in [-0.4, -0.2) is 38.7 Å². The number of esters is 1. The quantitative estimate of drug-likeness (QED) is 0.730. The highest BCUT2D eigenvalue weighted by Gasteiger charge is 2.36. The van der Waals surface area contributed by atoms with Gasteiger partial charge in [-0.3, -0.25) is 10.1 Å². The van der Waals surface area contributed by atoms with Crippen LogP contribution in [0.25, 0.3) is 0 Å². The van der Waals surface area contributed by atoms with Gasteiger partial charge in [0.25, 0.3) is 0 Å². The summed E-state index contributed by atoms with van der Waals surface area (Å²) in [6.45, 7) is 6.98. The fourth-order valence-electron chi connectivity index (χ4n) is 2.03. The normalized spacial score (nSPS) is 13.7. The smallest absolute Gasteiger partial charge is 0.414 e. The van der Waals surface area contributed by atoms with Gasteiger partial charge in [0, 0.05) is 11.5 Å². The van der Waals surface area contributed by atoms with Crippen molar-refractivity contribution in [3.05, 3.63) is 30.0 Å². The zero-order valence-corrected chi connectivity index (χ0v) is 15.7. The van der Waals surface area contributed by atoms with E-state index in [1.54, 1.807) is 33.8 Å². The number of rotatable bonds is 6. The minimum Gasteiger partial charge on any atom is -0.467 e. The van der Waals surface area contributed by atoms with E-state index in [-0.39, 0.29) is 23.3 Å². The van der Waals surface area contributed by atoms with E-state index in [0.29, 0.717) is 0 Å². The van der Waals surface area contributed by atoms with Gasteiger partial charge in [-0.2, -0.15) is 4.37 Å². The Balaban J connectivity index is 2.19. The molecular weight excluding hydrogens is 362 g/mol. The fraction of sp³-hybridized carbons (Fsp3) is 0.500. The van der Waals surface area contributed by atoms with E-state index in [2.05, 4.69) is 14.7 Å². The Hall–Kier alpha value is -2.46. The number of carbonyl (C=O) groups excluding carboxylic acids is 2. The van der Waals surface area contributed by atoms with Crippen LogP contribution in [0, 0.1) is 0 Å². The van der Waals surface area contributed by atoms with Crippen LogP contribution < -0.4 is 5.32 Å². The minimum absolute atomic E-state index is 0.0170. The van der Waals surface area contributed by atoms with Crippen molar-refractivity contribution in [1.29, 1.82) is 0 Å². The van der Waals surface area contributed by atoms with Gasteiger partial charge in [-0.15, -0.1) is 0 Å². The molecule has 0 radical (unpaired) electrons. The van der Waals surface area contributed by atoms with Gasteiger partial charge in [0.15, 0.2) is 11.7 Å². The summed E-state index contributed by atoms with van der Waals surface area (Å²) in [5, 5.41) is 13.1. The van der Waals surface area contributed by atoms with Crippen molar-refractivity contribution in [1.82, 2.24) is 9.36 Å². The van der Waals surface area contributed by atoms with Crippen molar-refractivity contribution >= 4 is 28.7 Å². The van der Waals surface area contributed by atoms with E-state index in [0.717, 1.165) is 11.5 Å². The predicted octanol–water partition coefficient (Wildman–Crippen LogP) is 2.86. The Bertz CT molecular complexity index is 738. The summed E-state index contributed by atoms with van der Waals surface area (Å²) < 4.78 is 19.4.